The average molecular weight is 502 g/mol. The number of benzene rings is 1. The zero-order valence-electron chi connectivity index (χ0n) is 20.7. The van der Waals surface area contributed by atoms with Crippen LogP contribution in [0.5, 0.6) is 5.88 Å². The van der Waals surface area contributed by atoms with Crippen LogP contribution in [-0.4, -0.2) is 46.9 Å². The number of hydrogen-bond acceptors (Lipinski definition) is 6. The Balaban J connectivity index is 1.33. The normalized spacial score (nSPS) is 21.2. The molecule has 2 fully saturated rings. The van der Waals surface area contributed by atoms with Crippen molar-refractivity contribution in [2.24, 2.45) is 11.8 Å². The summed E-state index contributed by atoms with van der Waals surface area (Å²) in [6.45, 7) is 10.7. The highest BCUT2D eigenvalue weighted by atomic mass is 35.5. The second kappa shape index (κ2) is 9.57. The first-order valence-electron chi connectivity index (χ1n) is 11.7. The van der Waals surface area contributed by atoms with E-state index >= 15 is 0 Å². The molecule has 1 aromatic heterocycles. The lowest BCUT2D eigenvalue weighted by molar-refractivity contribution is 0.0252. The van der Waals surface area contributed by atoms with Gasteiger partial charge in [-0.1, -0.05) is 41.9 Å². The molecule has 0 spiro atoms. The molecule has 1 aromatic carbocycles. The first-order chi connectivity index (χ1) is 16.4. The fraction of sp³-hybridized carbons (Fsp3) is 0.500. The molecule has 3 atom stereocenters. The van der Waals surface area contributed by atoms with E-state index in [1.54, 1.807) is 17.0 Å². The van der Waals surface area contributed by atoms with Crippen LogP contribution in [0, 0.1) is 11.8 Å². The number of fused-ring (bicyclic) bond motifs is 1. The van der Waals surface area contributed by atoms with Crippen LogP contribution in [0.2, 0.25) is 5.15 Å². The van der Waals surface area contributed by atoms with E-state index in [1.165, 1.54) is 0 Å². The van der Waals surface area contributed by atoms with Crippen LogP contribution in [0.25, 0.3) is 0 Å². The summed E-state index contributed by atoms with van der Waals surface area (Å²) in [7, 11) is 0. The number of amides is 2. The van der Waals surface area contributed by atoms with Crippen molar-refractivity contribution in [2.45, 2.75) is 58.5 Å². The molecule has 1 saturated heterocycles. The molecule has 35 heavy (non-hydrogen) atoms. The van der Waals surface area contributed by atoms with Crippen LogP contribution in [0.15, 0.2) is 42.5 Å². The number of pyridine rings is 1. The van der Waals surface area contributed by atoms with Crippen LogP contribution in [0.4, 0.5) is 9.59 Å². The zero-order valence-corrected chi connectivity index (χ0v) is 21.5. The largest absolute Gasteiger partial charge is 0.474 e. The Morgan fingerprint density at radius 1 is 1.09 bits per heavy atom. The lowest BCUT2D eigenvalue weighted by atomic mass is 9.95. The Labute approximate surface area is 210 Å². The molecule has 2 aromatic rings. The Bertz CT molecular complexity index is 1070. The first-order valence-corrected chi connectivity index (χ1v) is 12.1. The molecule has 0 unspecified atom stereocenters. The van der Waals surface area contributed by atoms with Crippen LogP contribution < -0.4 is 10.1 Å². The minimum atomic E-state index is -0.772. The van der Waals surface area contributed by atoms with Gasteiger partial charge >= 0.3 is 12.2 Å². The van der Waals surface area contributed by atoms with E-state index in [0.717, 1.165) is 11.1 Å². The fourth-order valence-electron chi connectivity index (χ4n) is 4.24. The number of nitrogens with one attached hydrogen (secondary N) is 1. The van der Waals surface area contributed by atoms with Gasteiger partial charge in [-0.05, 0) is 51.8 Å². The van der Waals surface area contributed by atoms with Crippen LogP contribution >= 0.6 is 11.6 Å². The minimum Gasteiger partial charge on any atom is -0.474 e. The number of rotatable bonds is 6. The maximum Gasteiger partial charge on any atom is 0.410 e. The molecule has 9 heteroatoms. The summed E-state index contributed by atoms with van der Waals surface area (Å²) in [5, 5.41) is 3.15. The molecule has 2 aliphatic rings. The molecular formula is C26H32ClN3O5. The van der Waals surface area contributed by atoms with Gasteiger partial charge in [-0.25, -0.2) is 14.6 Å². The number of hydrogen-bond donors (Lipinski definition) is 1. The molecule has 2 heterocycles. The predicted octanol–water partition coefficient (Wildman–Crippen LogP) is 5.14. The summed E-state index contributed by atoms with van der Waals surface area (Å²) in [5.74, 6) is 0.875. The maximum absolute atomic E-state index is 12.4. The summed E-state index contributed by atoms with van der Waals surface area (Å²) in [6, 6.07) is 13.0. The highest BCUT2D eigenvalue weighted by molar-refractivity contribution is 6.29. The predicted molar refractivity (Wildman–Crippen MR) is 131 cm³/mol. The molecule has 0 radical (unpaired) electrons. The number of nitrogens with zero attached hydrogens (tertiary/aromatic N) is 2. The second-order valence-corrected chi connectivity index (χ2v) is 11.0. The van der Waals surface area contributed by atoms with Crippen molar-refractivity contribution in [3.05, 3.63) is 58.7 Å². The van der Waals surface area contributed by atoms with Gasteiger partial charge in [0.05, 0.1) is 5.54 Å². The summed E-state index contributed by atoms with van der Waals surface area (Å²) >= 11 is 6.28. The molecule has 2 amide bonds. The first kappa shape index (κ1) is 25.1. The third kappa shape index (κ3) is 6.36. The van der Waals surface area contributed by atoms with E-state index in [4.69, 9.17) is 25.8 Å². The van der Waals surface area contributed by atoms with Crippen molar-refractivity contribution >= 4 is 23.8 Å². The van der Waals surface area contributed by atoms with Crippen molar-refractivity contribution in [2.75, 3.05) is 13.1 Å². The Morgan fingerprint density at radius 3 is 2.37 bits per heavy atom. The van der Waals surface area contributed by atoms with Gasteiger partial charge in [0.1, 0.15) is 23.5 Å². The van der Waals surface area contributed by atoms with Gasteiger partial charge in [0.25, 0.3) is 0 Å². The Kier molecular flexibility index (Phi) is 6.86. The standard InChI is InChI=1S/C26H32ClN3O5/c1-25(2,3)35-24(32)30-13-18-19(14-30)22(18)34-21-12-17(11-20(27)28-21)26(4,5)29-23(31)33-15-16-9-7-6-8-10-16/h6-12,18-19,22H,13-15H2,1-5H3,(H,29,31)/t18-,19+,22-. The highest BCUT2D eigenvalue weighted by Gasteiger charge is 2.59. The van der Waals surface area contributed by atoms with Gasteiger partial charge in [0.15, 0.2) is 0 Å². The molecule has 188 valence electrons. The quantitative estimate of drug-likeness (QED) is 0.551. The minimum absolute atomic E-state index is 0.0283. The van der Waals surface area contributed by atoms with E-state index in [2.05, 4.69) is 10.3 Å². The highest BCUT2D eigenvalue weighted by Crippen LogP contribution is 2.48. The van der Waals surface area contributed by atoms with Gasteiger partial charge in [-0.2, -0.15) is 0 Å². The van der Waals surface area contributed by atoms with Crippen molar-refractivity contribution in [3.8, 4) is 5.88 Å². The van der Waals surface area contributed by atoms with E-state index < -0.39 is 17.2 Å². The number of ether oxygens (including phenoxy) is 3. The van der Waals surface area contributed by atoms with Gasteiger partial charge < -0.3 is 24.4 Å². The number of piperidine rings is 1. The number of aromatic nitrogens is 1. The lowest BCUT2D eigenvalue weighted by Gasteiger charge is -2.27. The third-order valence-electron chi connectivity index (χ3n) is 6.14. The molecule has 8 nitrogen and oxygen atoms in total. The Morgan fingerprint density at radius 2 is 1.74 bits per heavy atom. The molecule has 1 aliphatic heterocycles. The molecule has 0 bridgehead atoms. The van der Waals surface area contributed by atoms with Crippen LogP contribution in [-0.2, 0) is 21.6 Å². The number of likely N-dealkylation sites (tertiary alicyclic amines) is 1. The number of carbonyl (C=O) groups is 2. The van der Waals surface area contributed by atoms with E-state index in [9.17, 15) is 9.59 Å². The second-order valence-electron chi connectivity index (χ2n) is 10.6. The van der Waals surface area contributed by atoms with Crippen LogP contribution in [0.3, 0.4) is 0 Å². The van der Waals surface area contributed by atoms with Crippen molar-refractivity contribution in [3.63, 3.8) is 0 Å². The average Bonchev–Trinajstić information content (AvgIpc) is 3.18. The topological polar surface area (TPSA) is 90.0 Å². The molecule has 1 N–H and O–H groups in total. The van der Waals surface area contributed by atoms with Gasteiger partial charge in [-0.15, -0.1) is 0 Å². The SMILES string of the molecule is CC(C)(C)OC(=O)N1C[C@@H]2[C@H](C1)[C@@H]2Oc1cc(C(C)(C)NC(=O)OCc2ccccc2)cc(Cl)n1. The van der Waals surface area contributed by atoms with E-state index in [1.807, 2.05) is 65.0 Å². The van der Waals surface area contributed by atoms with Gasteiger partial charge in [0, 0.05) is 31.0 Å². The van der Waals surface area contributed by atoms with Crippen molar-refractivity contribution in [1.82, 2.24) is 15.2 Å². The molecular weight excluding hydrogens is 470 g/mol. The number of alkyl carbamates (subject to hydrolysis) is 1. The van der Waals surface area contributed by atoms with Crippen molar-refractivity contribution in [1.29, 1.82) is 0 Å². The summed E-state index contributed by atoms with van der Waals surface area (Å²) in [4.78, 5) is 30.7. The lowest BCUT2D eigenvalue weighted by Crippen LogP contribution is -2.41. The summed E-state index contributed by atoms with van der Waals surface area (Å²) < 4.78 is 16.9. The maximum atomic E-state index is 12.4. The number of carbonyl (C=O) groups excluding carboxylic acids is 2. The number of halogens is 1. The smallest absolute Gasteiger partial charge is 0.410 e. The zero-order chi connectivity index (χ0) is 25.4. The van der Waals surface area contributed by atoms with E-state index in [-0.39, 0.29) is 35.8 Å². The monoisotopic (exact) mass is 501 g/mol. The summed E-state index contributed by atoms with van der Waals surface area (Å²) in [5.41, 5.74) is 0.356. The molecule has 1 aliphatic carbocycles. The third-order valence-corrected chi connectivity index (χ3v) is 6.34. The van der Waals surface area contributed by atoms with E-state index in [0.29, 0.717) is 19.0 Å². The summed E-state index contributed by atoms with van der Waals surface area (Å²) in [6.07, 6.45) is -0.855. The van der Waals surface area contributed by atoms with Gasteiger partial charge in [0.2, 0.25) is 5.88 Å². The Hall–Kier alpha value is -3.00. The molecule has 4 rings (SSSR count). The fourth-order valence-corrected chi connectivity index (χ4v) is 4.44. The van der Waals surface area contributed by atoms with Crippen LogP contribution in [0.1, 0.15) is 45.7 Å². The van der Waals surface area contributed by atoms with Crippen molar-refractivity contribution < 1.29 is 23.8 Å². The van der Waals surface area contributed by atoms with Gasteiger partial charge in [-0.3, -0.25) is 0 Å². The molecule has 1 saturated carbocycles.